The Morgan fingerprint density at radius 2 is 1.80 bits per heavy atom. The first-order valence-electron chi connectivity index (χ1n) is 7.32. The molecule has 0 fully saturated rings. The minimum atomic E-state index is 0.478. The number of hydrogen-bond donors (Lipinski definition) is 0. The maximum atomic E-state index is 6.24. The molecule has 3 heterocycles. The number of aromatic nitrogens is 5. The highest BCUT2D eigenvalue weighted by molar-refractivity contribution is 7.98. The van der Waals surface area contributed by atoms with Crippen LogP contribution in [0.1, 0.15) is 0 Å². The van der Waals surface area contributed by atoms with Gasteiger partial charge in [-0.3, -0.25) is 9.38 Å². The average Bonchev–Trinajstić information content (AvgIpc) is 3.13. The molecular formula is C17H11Cl2N5S. The number of benzene rings is 1. The van der Waals surface area contributed by atoms with Crippen molar-refractivity contribution >= 4 is 40.6 Å². The third kappa shape index (κ3) is 2.86. The van der Waals surface area contributed by atoms with Gasteiger partial charge in [-0.05, 0) is 36.1 Å². The van der Waals surface area contributed by atoms with Gasteiger partial charge in [0.1, 0.15) is 6.33 Å². The van der Waals surface area contributed by atoms with E-state index in [-0.39, 0.29) is 0 Å². The monoisotopic (exact) mass is 387 g/mol. The van der Waals surface area contributed by atoms with Crippen LogP contribution in [0.4, 0.5) is 0 Å². The van der Waals surface area contributed by atoms with E-state index in [0.29, 0.717) is 15.7 Å². The average molecular weight is 388 g/mol. The Balaban J connectivity index is 2.10. The number of rotatable bonds is 3. The molecule has 1 aromatic carbocycles. The highest BCUT2D eigenvalue weighted by atomic mass is 35.5. The molecular weight excluding hydrogens is 377 g/mol. The normalized spacial score (nSPS) is 11.2. The molecule has 0 amide bonds. The lowest BCUT2D eigenvalue weighted by atomic mass is 10.0. The molecule has 0 spiro atoms. The Labute approximate surface area is 158 Å². The molecule has 124 valence electrons. The van der Waals surface area contributed by atoms with Crippen LogP contribution in [0.5, 0.6) is 0 Å². The van der Waals surface area contributed by atoms with Crippen LogP contribution >= 0.6 is 35.0 Å². The number of pyridine rings is 1. The molecule has 0 unspecified atom stereocenters. The molecule has 0 saturated heterocycles. The fraction of sp³-hybridized carbons (Fsp3) is 0.0588. The number of hydrogen-bond acceptors (Lipinski definition) is 5. The fourth-order valence-electron chi connectivity index (χ4n) is 2.64. The summed E-state index contributed by atoms with van der Waals surface area (Å²) in [6, 6.07) is 9.33. The first-order chi connectivity index (χ1) is 12.2. The SMILES string of the molecule is CSc1nc(-c2ccncc2)c(-c2ccc(Cl)c(Cl)c2)c2nncn12. The summed E-state index contributed by atoms with van der Waals surface area (Å²) in [5, 5.41) is 10.2. The third-order valence-electron chi connectivity index (χ3n) is 3.77. The van der Waals surface area contributed by atoms with E-state index < -0.39 is 0 Å². The van der Waals surface area contributed by atoms with Crippen LogP contribution in [0.3, 0.4) is 0 Å². The zero-order valence-electron chi connectivity index (χ0n) is 13.0. The molecule has 4 rings (SSSR count). The predicted molar refractivity (Wildman–Crippen MR) is 101 cm³/mol. The molecule has 0 aliphatic rings. The molecule has 0 radical (unpaired) electrons. The Morgan fingerprint density at radius 1 is 1.00 bits per heavy atom. The Bertz CT molecular complexity index is 1070. The lowest BCUT2D eigenvalue weighted by Gasteiger charge is -2.13. The van der Waals surface area contributed by atoms with Gasteiger partial charge < -0.3 is 0 Å². The molecule has 0 atom stereocenters. The maximum Gasteiger partial charge on any atom is 0.175 e. The third-order valence-corrected chi connectivity index (χ3v) is 5.16. The number of thioether (sulfide) groups is 1. The van der Waals surface area contributed by atoms with Crippen LogP contribution in [0.2, 0.25) is 10.0 Å². The highest BCUT2D eigenvalue weighted by Gasteiger charge is 2.19. The second-order valence-electron chi connectivity index (χ2n) is 5.21. The summed E-state index contributed by atoms with van der Waals surface area (Å²) < 4.78 is 1.87. The van der Waals surface area contributed by atoms with Crippen molar-refractivity contribution in [1.82, 2.24) is 24.6 Å². The molecule has 0 aliphatic carbocycles. The lowest BCUT2D eigenvalue weighted by Crippen LogP contribution is -2.00. The summed E-state index contributed by atoms with van der Waals surface area (Å²) in [7, 11) is 0. The van der Waals surface area contributed by atoms with Crippen molar-refractivity contribution in [2.45, 2.75) is 5.16 Å². The lowest BCUT2D eigenvalue weighted by molar-refractivity contribution is 0.905. The van der Waals surface area contributed by atoms with Crippen molar-refractivity contribution in [2.75, 3.05) is 6.26 Å². The van der Waals surface area contributed by atoms with E-state index in [9.17, 15) is 0 Å². The molecule has 0 N–H and O–H groups in total. The molecule has 25 heavy (non-hydrogen) atoms. The van der Waals surface area contributed by atoms with Gasteiger partial charge in [-0.1, -0.05) is 41.0 Å². The van der Waals surface area contributed by atoms with Gasteiger partial charge in [0.25, 0.3) is 0 Å². The number of fused-ring (bicyclic) bond motifs is 1. The molecule has 5 nitrogen and oxygen atoms in total. The summed E-state index contributed by atoms with van der Waals surface area (Å²) in [6.07, 6.45) is 7.10. The van der Waals surface area contributed by atoms with Crippen molar-refractivity contribution in [3.8, 4) is 22.4 Å². The van der Waals surface area contributed by atoms with Crippen molar-refractivity contribution in [3.05, 3.63) is 59.1 Å². The second kappa shape index (κ2) is 6.63. The van der Waals surface area contributed by atoms with Crippen molar-refractivity contribution in [2.24, 2.45) is 0 Å². The predicted octanol–water partition coefficient (Wildman–Crippen LogP) is 4.88. The summed E-state index contributed by atoms with van der Waals surface area (Å²) >= 11 is 13.8. The van der Waals surface area contributed by atoms with Crippen molar-refractivity contribution < 1.29 is 0 Å². The van der Waals surface area contributed by atoms with Gasteiger partial charge in [-0.15, -0.1) is 10.2 Å². The number of halogens is 2. The first-order valence-corrected chi connectivity index (χ1v) is 9.30. The molecule has 0 aliphatic heterocycles. The summed E-state index contributed by atoms with van der Waals surface area (Å²) in [4.78, 5) is 8.92. The van der Waals surface area contributed by atoms with E-state index in [2.05, 4.69) is 15.2 Å². The standard InChI is InChI=1S/C17H11Cl2N5S/c1-25-17-22-15(10-4-6-20-7-5-10)14(16-23-21-9-24(16)17)11-2-3-12(18)13(19)8-11/h2-9H,1H3. The minimum absolute atomic E-state index is 0.478. The zero-order chi connectivity index (χ0) is 17.4. The van der Waals surface area contributed by atoms with Crippen LogP contribution in [-0.4, -0.2) is 30.8 Å². The number of nitrogens with zero attached hydrogens (tertiary/aromatic N) is 5. The van der Waals surface area contributed by atoms with E-state index >= 15 is 0 Å². The Hall–Kier alpha value is -2.15. The van der Waals surface area contributed by atoms with Crippen LogP contribution in [-0.2, 0) is 0 Å². The van der Waals surface area contributed by atoms with E-state index in [4.69, 9.17) is 28.2 Å². The summed E-state index contributed by atoms with van der Waals surface area (Å²) in [5.41, 5.74) is 4.17. The Morgan fingerprint density at radius 3 is 2.52 bits per heavy atom. The van der Waals surface area contributed by atoms with Crippen LogP contribution in [0.15, 0.2) is 54.2 Å². The minimum Gasteiger partial charge on any atom is -0.265 e. The van der Waals surface area contributed by atoms with Crippen molar-refractivity contribution in [3.63, 3.8) is 0 Å². The van der Waals surface area contributed by atoms with Gasteiger partial charge in [0.15, 0.2) is 10.8 Å². The van der Waals surface area contributed by atoms with E-state index in [0.717, 1.165) is 27.5 Å². The maximum absolute atomic E-state index is 6.24. The van der Waals surface area contributed by atoms with Gasteiger partial charge in [0, 0.05) is 18.0 Å². The van der Waals surface area contributed by atoms with Gasteiger partial charge in [-0.25, -0.2) is 4.98 Å². The van der Waals surface area contributed by atoms with E-state index in [1.165, 1.54) is 11.8 Å². The van der Waals surface area contributed by atoms with Crippen LogP contribution in [0.25, 0.3) is 28.0 Å². The van der Waals surface area contributed by atoms with Gasteiger partial charge >= 0.3 is 0 Å². The topological polar surface area (TPSA) is 56.0 Å². The molecule has 4 aromatic rings. The smallest absolute Gasteiger partial charge is 0.175 e. The van der Waals surface area contributed by atoms with Gasteiger partial charge in [0.2, 0.25) is 0 Å². The summed E-state index contributed by atoms with van der Waals surface area (Å²) in [5.74, 6) is 0. The molecule has 0 saturated carbocycles. The van der Waals surface area contributed by atoms with Crippen LogP contribution < -0.4 is 0 Å². The molecule has 3 aromatic heterocycles. The quantitative estimate of drug-likeness (QED) is 0.370. The molecule has 0 bridgehead atoms. The first kappa shape index (κ1) is 16.3. The van der Waals surface area contributed by atoms with E-state index in [1.807, 2.05) is 34.9 Å². The summed E-state index contributed by atoms with van der Waals surface area (Å²) in [6.45, 7) is 0. The van der Waals surface area contributed by atoms with Crippen LogP contribution in [0, 0.1) is 0 Å². The Kier molecular flexibility index (Phi) is 4.33. The highest BCUT2D eigenvalue weighted by Crippen LogP contribution is 2.37. The van der Waals surface area contributed by atoms with Gasteiger partial charge in [0.05, 0.1) is 21.3 Å². The van der Waals surface area contributed by atoms with E-state index in [1.54, 1.807) is 24.8 Å². The van der Waals surface area contributed by atoms with Gasteiger partial charge in [-0.2, -0.15) is 0 Å². The largest absolute Gasteiger partial charge is 0.265 e. The zero-order valence-corrected chi connectivity index (χ0v) is 15.3. The molecule has 8 heteroatoms. The second-order valence-corrected chi connectivity index (χ2v) is 6.80. The van der Waals surface area contributed by atoms with Crippen molar-refractivity contribution in [1.29, 1.82) is 0 Å². The fourth-order valence-corrected chi connectivity index (χ4v) is 3.45.